The summed E-state index contributed by atoms with van der Waals surface area (Å²) >= 11 is 6.59. The molecule has 1 aliphatic rings. The molecule has 0 saturated carbocycles. The molecule has 0 fully saturated rings. The maximum absolute atomic E-state index is 13.5. The summed E-state index contributed by atoms with van der Waals surface area (Å²) in [6.07, 6.45) is -5.33. The first-order valence-electron chi connectivity index (χ1n) is 10.3. The van der Waals surface area contributed by atoms with Crippen molar-refractivity contribution in [2.24, 2.45) is 0 Å². The molecule has 2 heterocycles. The van der Waals surface area contributed by atoms with Gasteiger partial charge >= 0.3 is 18.2 Å². The number of rotatable bonds is 6. The number of hydrogen-bond acceptors (Lipinski definition) is 6. The smallest absolute Gasteiger partial charge is 0.443 e. The minimum atomic E-state index is -4.66. The lowest BCUT2D eigenvalue weighted by Gasteiger charge is -2.35. The van der Waals surface area contributed by atoms with E-state index >= 15 is 0 Å². The predicted octanol–water partition coefficient (Wildman–Crippen LogP) is 5.56. The van der Waals surface area contributed by atoms with E-state index in [1.54, 1.807) is 24.3 Å². The number of aliphatic carboxylic acids is 1. The average molecular weight is 527 g/mol. The fourth-order valence-corrected chi connectivity index (χ4v) is 4.98. The van der Waals surface area contributed by atoms with E-state index in [0.29, 0.717) is 11.3 Å². The zero-order chi connectivity index (χ0) is 25.2. The van der Waals surface area contributed by atoms with Crippen LogP contribution in [0.15, 0.2) is 48.5 Å². The van der Waals surface area contributed by atoms with Crippen LogP contribution in [-0.4, -0.2) is 40.2 Å². The number of aromatic nitrogens is 1. The number of alkyl halides is 3. The number of carboxylic acid groups (broad SMARTS) is 1. The lowest BCUT2D eigenvalue weighted by atomic mass is 9.97. The van der Waals surface area contributed by atoms with E-state index in [1.807, 2.05) is 6.07 Å². The van der Waals surface area contributed by atoms with Gasteiger partial charge in [0.15, 0.2) is 11.6 Å². The van der Waals surface area contributed by atoms with E-state index in [0.717, 1.165) is 5.56 Å². The summed E-state index contributed by atoms with van der Waals surface area (Å²) in [5.74, 6) is -1.18. The molecule has 3 aromatic rings. The second-order valence-electron chi connectivity index (χ2n) is 7.58. The molecule has 1 amide bonds. The highest BCUT2D eigenvalue weighted by molar-refractivity contribution is 7.12. The molecule has 184 valence electrons. The van der Waals surface area contributed by atoms with Crippen molar-refractivity contribution in [1.82, 2.24) is 9.88 Å². The van der Waals surface area contributed by atoms with Crippen LogP contribution in [0.3, 0.4) is 0 Å². The van der Waals surface area contributed by atoms with E-state index in [1.165, 1.54) is 23.1 Å². The summed E-state index contributed by atoms with van der Waals surface area (Å²) < 4.78 is 51.2. The Morgan fingerprint density at radius 1 is 1.20 bits per heavy atom. The first-order chi connectivity index (χ1) is 16.6. The maximum Gasteiger partial charge on any atom is 0.443 e. The molecule has 35 heavy (non-hydrogen) atoms. The minimum absolute atomic E-state index is 0.0250. The molecule has 12 heteroatoms. The number of amides is 1. The number of carbonyl (C=O) groups is 2. The molecular formula is C23H18ClF3N2O5S. The second kappa shape index (κ2) is 10.1. The lowest BCUT2D eigenvalue weighted by molar-refractivity contribution is -0.139. The fraction of sp³-hybridized carbons (Fsp3) is 0.261. The fourth-order valence-electron chi connectivity index (χ4n) is 3.69. The van der Waals surface area contributed by atoms with E-state index in [9.17, 15) is 22.8 Å². The van der Waals surface area contributed by atoms with Gasteiger partial charge in [-0.2, -0.15) is 13.2 Å². The topological polar surface area (TPSA) is 89.0 Å². The Labute approximate surface area is 206 Å². The van der Waals surface area contributed by atoms with Crippen LogP contribution in [0.25, 0.3) is 0 Å². The number of fused-ring (bicyclic) bond motifs is 1. The minimum Gasteiger partial charge on any atom is -0.482 e. The summed E-state index contributed by atoms with van der Waals surface area (Å²) in [5.41, 5.74) is 1.16. The van der Waals surface area contributed by atoms with Crippen LogP contribution < -0.4 is 4.74 Å². The third-order valence-electron chi connectivity index (χ3n) is 5.18. The van der Waals surface area contributed by atoms with Crippen molar-refractivity contribution in [3.63, 3.8) is 0 Å². The van der Waals surface area contributed by atoms with Gasteiger partial charge in [0, 0.05) is 23.6 Å². The number of carbonyl (C=O) groups excluding carboxylic acids is 1. The predicted molar refractivity (Wildman–Crippen MR) is 121 cm³/mol. The highest BCUT2D eigenvalue weighted by atomic mass is 35.5. The molecule has 1 aliphatic heterocycles. The Balaban J connectivity index is 1.75. The van der Waals surface area contributed by atoms with Gasteiger partial charge in [-0.15, -0.1) is 11.3 Å². The van der Waals surface area contributed by atoms with Gasteiger partial charge in [-0.25, -0.2) is 14.6 Å². The van der Waals surface area contributed by atoms with E-state index in [-0.39, 0.29) is 46.5 Å². The van der Waals surface area contributed by atoms with E-state index in [2.05, 4.69) is 4.98 Å². The molecule has 0 bridgehead atoms. The van der Waals surface area contributed by atoms with Crippen LogP contribution in [0, 0.1) is 0 Å². The molecule has 0 radical (unpaired) electrons. The molecule has 1 unspecified atom stereocenters. The first kappa shape index (κ1) is 24.8. The number of nitrogens with zero attached hydrogens (tertiary/aromatic N) is 2. The summed E-state index contributed by atoms with van der Waals surface area (Å²) in [4.78, 5) is 29.4. The van der Waals surface area contributed by atoms with E-state index < -0.39 is 35.9 Å². The van der Waals surface area contributed by atoms with Gasteiger partial charge in [0.05, 0.1) is 10.6 Å². The number of carboxylic acids is 1. The van der Waals surface area contributed by atoms with Gasteiger partial charge in [-0.3, -0.25) is 4.90 Å². The average Bonchev–Trinajstić information content (AvgIpc) is 3.27. The lowest BCUT2D eigenvalue weighted by Crippen LogP contribution is -2.40. The zero-order valence-corrected chi connectivity index (χ0v) is 19.5. The Morgan fingerprint density at radius 3 is 2.63 bits per heavy atom. The van der Waals surface area contributed by atoms with Crippen molar-refractivity contribution in [2.45, 2.75) is 25.2 Å². The molecule has 0 spiro atoms. The molecule has 2 aromatic carbocycles. The van der Waals surface area contributed by atoms with Gasteiger partial charge in [-0.1, -0.05) is 41.9 Å². The van der Waals surface area contributed by atoms with Crippen molar-refractivity contribution in [3.8, 4) is 5.75 Å². The van der Waals surface area contributed by atoms with Crippen LogP contribution in [0.5, 0.6) is 5.75 Å². The Hall–Kier alpha value is -3.31. The Morgan fingerprint density at radius 2 is 1.94 bits per heavy atom. The Bertz CT molecular complexity index is 1240. The standard InChI is InChI=1S/C23H18ClF3N2O5S/c24-14-6-7-17(33-12-18(30)31)15(10-14)19-20-16(28-21(35-20)23(25,26)27)8-9-29(19)22(32)34-11-13-4-2-1-3-5-13/h1-7,10,19H,8-9,11-12H2,(H,30,31). The molecule has 1 atom stereocenters. The second-order valence-corrected chi connectivity index (χ2v) is 9.05. The molecule has 7 nitrogen and oxygen atoms in total. The van der Waals surface area contributed by atoms with Crippen LogP contribution in [0.4, 0.5) is 18.0 Å². The molecule has 1 aromatic heterocycles. The van der Waals surface area contributed by atoms with Gasteiger partial charge in [-0.05, 0) is 23.8 Å². The van der Waals surface area contributed by atoms with Crippen molar-refractivity contribution in [3.05, 3.63) is 80.3 Å². The monoisotopic (exact) mass is 526 g/mol. The number of benzene rings is 2. The largest absolute Gasteiger partial charge is 0.482 e. The van der Waals surface area contributed by atoms with Crippen LogP contribution >= 0.6 is 22.9 Å². The Kier molecular flexibility index (Phi) is 7.18. The number of thiazole rings is 1. The van der Waals surface area contributed by atoms with Crippen molar-refractivity contribution in [1.29, 1.82) is 0 Å². The molecule has 0 aliphatic carbocycles. The highest BCUT2D eigenvalue weighted by Crippen LogP contribution is 2.45. The number of halogens is 4. The normalized spacial score (nSPS) is 15.4. The first-order valence-corrected chi connectivity index (χ1v) is 11.5. The highest BCUT2D eigenvalue weighted by Gasteiger charge is 2.42. The molecular weight excluding hydrogens is 509 g/mol. The van der Waals surface area contributed by atoms with Gasteiger partial charge in [0.25, 0.3) is 0 Å². The maximum atomic E-state index is 13.5. The third kappa shape index (κ3) is 5.68. The SMILES string of the molecule is O=C(O)COc1ccc(Cl)cc1C1c2sc(C(F)(F)F)nc2CCN1C(=O)OCc1ccccc1. The molecule has 1 N–H and O–H groups in total. The van der Waals surface area contributed by atoms with E-state index in [4.69, 9.17) is 26.2 Å². The van der Waals surface area contributed by atoms with Gasteiger partial charge in [0.2, 0.25) is 0 Å². The number of ether oxygens (including phenoxy) is 2. The van der Waals surface area contributed by atoms with Crippen LogP contribution in [-0.2, 0) is 28.7 Å². The zero-order valence-electron chi connectivity index (χ0n) is 17.9. The van der Waals surface area contributed by atoms with Crippen LogP contribution in [0.1, 0.15) is 32.7 Å². The quantitative estimate of drug-likeness (QED) is 0.452. The van der Waals surface area contributed by atoms with Crippen molar-refractivity contribution >= 4 is 35.0 Å². The van der Waals surface area contributed by atoms with Crippen molar-refractivity contribution < 1.29 is 37.3 Å². The summed E-state index contributed by atoms with van der Waals surface area (Å²) in [7, 11) is 0. The third-order valence-corrected chi connectivity index (χ3v) is 6.61. The molecule has 0 saturated heterocycles. The van der Waals surface area contributed by atoms with Crippen LogP contribution in [0.2, 0.25) is 5.02 Å². The van der Waals surface area contributed by atoms with Gasteiger partial charge < -0.3 is 14.6 Å². The van der Waals surface area contributed by atoms with Gasteiger partial charge in [0.1, 0.15) is 18.4 Å². The summed E-state index contributed by atoms with van der Waals surface area (Å²) in [5, 5.41) is 8.22. The summed E-state index contributed by atoms with van der Waals surface area (Å²) in [6, 6.07) is 12.2. The summed E-state index contributed by atoms with van der Waals surface area (Å²) in [6.45, 7) is -0.704. The molecule has 4 rings (SSSR count). The number of hydrogen-bond donors (Lipinski definition) is 1. The van der Waals surface area contributed by atoms with Crippen molar-refractivity contribution in [2.75, 3.05) is 13.2 Å².